The number of hydrogen-bond acceptors (Lipinski definition) is 2. The lowest BCUT2D eigenvalue weighted by atomic mass is 10.0. The number of rotatable bonds is 2. The van der Waals surface area contributed by atoms with Crippen LogP contribution in [0.4, 0.5) is 10.1 Å². The average molecular weight is 361 g/mol. The molecule has 1 heterocycles. The van der Waals surface area contributed by atoms with Gasteiger partial charge in [-0.3, -0.25) is 4.79 Å². The normalized spacial score (nSPS) is 20.5. The van der Waals surface area contributed by atoms with E-state index in [1.165, 1.54) is 6.07 Å². The molecule has 2 aromatic carbocycles. The lowest BCUT2D eigenvalue weighted by Crippen LogP contribution is -2.44. The third kappa shape index (κ3) is 2.20. The van der Waals surface area contributed by atoms with Gasteiger partial charge in [-0.25, -0.2) is 4.39 Å². The van der Waals surface area contributed by atoms with E-state index in [1.807, 2.05) is 24.3 Å². The molecule has 4 rings (SSSR count). The van der Waals surface area contributed by atoms with E-state index in [2.05, 4.69) is 21.2 Å². The van der Waals surface area contributed by atoms with Crippen LogP contribution >= 0.6 is 15.9 Å². The first-order valence-electron chi connectivity index (χ1n) is 7.28. The minimum absolute atomic E-state index is 0.0266. The summed E-state index contributed by atoms with van der Waals surface area (Å²) in [6.45, 7) is 0. The van der Waals surface area contributed by atoms with Crippen LogP contribution in [-0.2, 0) is 0 Å². The lowest BCUT2D eigenvalue weighted by molar-refractivity contribution is 0.0663. The van der Waals surface area contributed by atoms with Crippen LogP contribution in [0, 0.1) is 5.82 Å². The number of carbonyl (C=O) groups excluding carboxylic acids is 1. The zero-order valence-electron chi connectivity index (χ0n) is 11.7. The van der Waals surface area contributed by atoms with Crippen molar-refractivity contribution in [2.24, 2.45) is 0 Å². The molecule has 0 bridgehead atoms. The first-order valence-corrected chi connectivity index (χ1v) is 8.07. The predicted molar refractivity (Wildman–Crippen MR) is 86.1 cm³/mol. The molecule has 1 aliphatic heterocycles. The first kappa shape index (κ1) is 13.8. The van der Waals surface area contributed by atoms with E-state index in [9.17, 15) is 9.18 Å². The van der Waals surface area contributed by atoms with Crippen LogP contribution in [0.25, 0.3) is 0 Å². The Labute approximate surface area is 136 Å². The smallest absolute Gasteiger partial charge is 0.258 e. The summed E-state index contributed by atoms with van der Waals surface area (Å²) in [5, 5.41) is 3.33. The van der Waals surface area contributed by atoms with Gasteiger partial charge in [-0.1, -0.05) is 28.1 Å². The Bertz CT molecular complexity index is 760. The van der Waals surface area contributed by atoms with E-state index in [4.69, 9.17) is 0 Å². The standard InChI is InChI=1S/C17H14BrFN2O/c18-10-5-8-14(19)13(9-10)16-20-15-4-2-1-3-12(15)17(22)21(16)11-6-7-11/h1-5,8-9,11,16,20H,6-7H2/t16-/m0/s1. The maximum atomic E-state index is 14.3. The second kappa shape index (κ2) is 5.09. The molecule has 1 N–H and O–H groups in total. The molecule has 1 aliphatic carbocycles. The number of carbonyl (C=O) groups is 1. The van der Waals surface area contributed by atoms with E-state index in [-0.39, 0.29) is 17.8 Å². The Balaban J connectivity index is 1.84. The van der Waals surface area contributed by atoms with E-state index in [1.54, 1.807) is 17.0 Å². The van der Waals surface area contributed by atoms with E-state index in [0.29, 0.717) is 11.1 Å². The van der Waals surface area contributed by atoms with E-state index >= 15 is 0 Å². The molecule has 2 aromatic rings. The molecule has 0 saturated heterocycles. The van der Waals surface area contributed by atoms with Gasteiger partial charge >= 0.3 is 0 Å². The Kier molecular flexibility index (Phi) is 3.18. The maximum absolute atomic E-state index is 14.3. The largest absolute Gasteiger partial charge is 0.361 e. The number of anilines is 1. The van der Waals surface area contributed by atoms with Gasteiger partial charge in [0.1, 0.15) is 12.0 Å². The van der Waals surface area contributed by atoms with Gasteiger partial charge in [-0.2, -0.15) is 0 Å². The van der Waals surface area contributed by atoms with Gasteiger partial charge in [0.05, 0.1) is 5.56 Å². The predicted octanol–water partition coefficient (Wildman–Crippen LogP) is 4.32. The maximum Gasteiger partial charge on any atom is 0.258 e. The van der Waals surface area contributed by atoms with Gasteiger partial charge in [-0.05, 0) is 43.2 Å². The highest BCUT2D eigenvalue weighted by molar-refractivity contribution is 9.10. The Morgan fingerprint density at radius 3 is 2.73 bits per heavy atom. The molecule has 5 heteroatoms. The van der Waals surface area contributed by atoms with Crippen LogP contribution in [0.5, 0.6) is 0 Å². The summed E-state index contributed by atoms with van der Waals surface area (Å²) in [6.07, 6.45) is 1.48. The average Bonchev–Trinajstić information content (AvgIpc) is 3.34. The Morgan fingerprint density at radius 2 is 1.95 bits per heavy atom. The van der Waals surface area contributed by atoms with Gasteiger partial charge < -0.3 is 10.2 Å². The molecule has 2 aliphatic rings. The van der Waals surface area contributed by atoms with Gasteiger partial charge in [0.2, 0.25) is 0 Å². The molecule has 1 fully saturated rings. The summed E-state index contributed by atoms with van der Waals surface area (Å²) in [5.41, 5.74) is 1.90. The van der Waals surface area contributed by atoms with Crippen molar-refractivity contribution in [3.05, 3.63) is 63.9 Å². The van der Waals surface area contributed by atoms with Crippen molar-refractivity contribution in [3.8, 4) is 0 Å². The minimum Gasteiger partial charge on any atom is -0.361 e. The topological polar surface area (TPSA) is 32.3 Å². The molecule has 22 heavy (non-hydrogen) atoms. The summed E-state index contributed by atoms with van der Waals surface area (Å²) in [4.78, 5) is 14.6. The quantitative estimate of drug-likeness (QED) is 0.864. The fraction of sp³-hybridized carbons (Fsp3) is 0.235. The van der Waals surface area contributed by atoms with Crippen LogP contribution < -0.4 is 5.32 Å². The molecule has 0 aromatic heterocycles. The van der Waals surface area contributed by atoms with Crippen molar-refractivity contribution < 1.29 is 9.18 Å². The third-order valence-corrected chi connectivity index (χ3v) is 4.65. The summed E-state index contributed by atoms with van der Waals surface area (Å²) >= 11 is 3.38. The van der Waals surface area contributed by atoms with Gasteiger partial charge in [0.25, 0.3) is 5.91 Å². The lowest BCUT2D eigenvalue weighted by Gasteiger charge is -2.38. The molecular weight excluding hydrogens is 347 g/mol. The number of amides is 1. The number of nitrogens with zero attached hydrogens (tertiary/aromatic N) is 1. The molecule has 0 radical (unpaired) electrons. The first-order chi connectivity index (χ1) is 10.6. The SMILES string of the molecule is O=C1c2ccccc2N[C@H](c2cc(Br)ccc2F)N1C1CC1. The molecule has 3 nitrogen and oxygen atoms in total. The van der Waals surface area contributed by atoms with Crippen LogP contribution in [-0.4, -0.2) is 16.8 Å². The van der Waals surface area contributed by atoms with Gasteiger partial charge in [0, 0.05) is 21.8 Å². The highest BCUT2D eigenvalue weighted by Gasteiger charge is 2.42. The second-order valence-corrected chi connectivity index (χ2v) is 6.62. The van der Waals surface area contributed by atoms with Crippen LogP contribution in [0.2, 0.25) is 0 Å². The Hall–Kier alpha value is -1.88. The number of para-hydroxylation sites is 1. The molecule has 1 saturated carbocycles. The van der Waals surface area contributed by atoms with Crippen molar-refractivity contribution in [2.75, 3.05) is 5.32 Å². The molecule has 112 valence electrons. The Morgan fingerprint density at radius 1 is 1.18 bits per heavy atom. The monoisotopic (exact) mass is 360 g/mol. The fourth-order valence-corrected chi connectivity index (χ4v) is 3.33. The van der Waals surface area contributed by atoms with Gasteiger partial charge in [-0.15, -0.1) is 0 Å². The van der Waals surface area contributed by atoms with Crippen molar-refractivity contribution in [3.63, 3.8) is 0 Å². The summed E-state index contributed by atoms with van der Waals surface area (Å²) < 4.78 is 15.1. The van der Waals surface area contributed by atoms with Crippen molar-refractivity contribution >= 4 is 27.5 Å². The minimum atomic E-state index is -0.465. The number of halogens is 2. The highest BCUT2D eigenvalue weighted by Crippen LogP contribution is 2.41. The number of nitrogens with one attached hydrogen (secondary N) is 1. The van der Waals surface area contributed by atoms with Crippen LogP contribution in [0.3, 0.4) is 0 Å². The van der Waals surface area contributed by atoms with E-state index in [0.717, 1.165) is 23.0 Å². The number of benzene rings is 2. The van der Waals surface area contributed by atoms with Gasteiger partial charge in [0.15, 0.2) is 0 Å². The number of fused-ring (bicyclic) bond motifs is 1. The molecule has 1 atom stereocenters. The third-order valence-electron chi connectivity index (χ3n) is 4.16. The van der Waals surface area contributed by atoms with Crippen molar-refractivity contribution in [2.45, 2.75) is 25.0 Å². The summed E-state index contributed by atoms with van der Waals surface area (Å²) in [6, 6.07) is 12.4. The summed E-state index contributed by atoms with van der Waals surface area (Å²) in [5.74, 6) is -0.334. The van der Waals surface area contributed by atoms with Crippen molar-refractivity contribution in [1.82, 2.24) is 4.90 Å². The van der Waals surface area contributed by atoms with Crippen LogP contribution in [0.15, 0.2) is 46.9 Å². The number of hydrogen-bond donors (Lipinski definition) is 1. The zero-order valence-corrected chi connectivity index (χ0v) is 13.3. The molecular formula is C17H14BrFN2O. The van der Waals surface area contributed by atoms with Crippen LogP contribution in [0.1, 0.15) is 34.9 Å². The van der Waals surface area contributed by atoms with E-state index < -0.39 is 6.17 Å². The molecule has 0 unspecified atom stereocenters. The van der Waals surface area contributed by atoms with Crippen molar-refractivity contribution in [1.29, 1.82) is 0 Å². The highest BCUT2D eigenvalue weighted by atomic mass is 79.9. The zero-order chi connectivity index (χ0) is 15.3. The molecule has 1 amide bonds. The fourth-order valence-electron chi connectivity index (χ4n) is 2.95. The second-order valence-electron chi connectivity index (χ2n) is 5.70. The summed E-state index contributed by atoms with van der Waals surface area (Å²) in [7, 11) is 0. The molecule has 0 spiro atoms.